The first-order valence-corrected chi connectivity index (χ1v) is 8.20. The number of hydrogen-bond acceptors (Lipinski definition) is 6. The molecule has 0 saturated carbocycles. The Kier molecular flexibility index (Phi) is 8.25. The fourth-order valence-electron chi connectivity index (χ4n) is 2.64. The Balaban J connectivity index is 2.58. The summed E-state index contributed by atoms with van der Waals surface area (Å²) in [6.07, 6.45) is 0.424. The predicted molar refractivity (Wildman–Crippen MR) is 87.5 cm³/mol. The van der Waals surface area contributed by atoms with Gasteiger partial charge in [-0.3, -0.25) is 0 Å². The van der Waals surface area contributed by atoms with Gasteiger partial charge in [0.15, 0.2) is 0 Å². The van der Waals surface area contributed by atoms with Gasteiger partial charge < -0.3 is 29.5 Å². The molecular formula is C16H32N2O5. The minimum Gasteiger partial charge on any atom is -0.444 e. The van der Waals surface area contributed by atoms with Gasteiger partial charge in [-0.25, -0.2) is 4.79 Å². The van der Waals surface area contributed by atoms with Gasteiger partial charge in [-0.15, -0.1) is 0 Å². The molecule has 1 amide bonds. The topological polar surface area (TPSA) is 80.3 Å². The first-order chi connectivity index (χ1) is 10.8. The van der Waals surface area contributed by atoms with Crippen molar-refractivity contribution in [3.8, 4) is 0 Å². The number of carbonyl (C=O) groups excluding carboxylic acids is 1. The number of hydrogen-bond donors (Lipinski definition) is 2. The van der Waals surface area contributed by atoms with Crippen LogP contribution in [-0.4, -0.2) is 79.9 Å². The molecule has 0 aromatic carbocycles. The van der Waals surface area contributed by atoms with E-state index in [9.17, 15) is 9.90 Å². The zero-order valence-electron chi connectivity index (χ0n) is 15.0. The third kappa shape index (κ3) is 7.48. The van der Waals surface area contributed by atoms with Crippen molar-refractivity contribution in [1.29, 1.82) is 0 Å². The minimum atomic E-state index is -0.510. The summed E-state index contributed by atoms with van der Waals surface area (Å²) in [5, 5.41) is 12.6. The van der Waals surface area contributed by atoms with E-state index in [1.807, 2.05) is 27.7 Å². The number of morpholine rings is 1. The Morgan fingerprint density at radius 2 is 2.17 bits per heavy atom. The van der Waals surface area contributed by atoms with Crippen LogP contribution in [0.1, 0.15) is 34.1 Å². The van der Waals surface area contributed by atoms with E-state index >= 15 is 0 Å². The van der Waals surface area contributed by atoms with Crippen molar-refractivity contribution in [3.05, 3.63) is 0 Å². The molecular weight excluding hydrogens is 300 g/mol. The lowest BCUT2D eigenvalue weighted by molar-refractivity contribution is -0.0361. The number of ether oxygens (including phenoxy) is 3. The number of methoxy groups -OCH3 is 1. The third-order valence-corrected chi connectivity index (χ3v) is 3.59. The lowest BCUT2D eigenvalue weighted by Crippen LogP contribution is -2.53. The van der Waals surface area contributed by atoms with Gasteiger partial charge in [0.05, 0.1) is 38.5 Å². The number of amides is 1. The van der Waals surface area contributed by atoms with E-state index in [1.54, 1.807) is 12.0 Å². The molecule has 1 saturated heterocycles. The molecule has 1 heterocycles. The normalized spacial score (nSPS) is 21.8. The molecule has 1 rings (SSSR count). The molecule has 7 nitrogen and oxygen atoms in total. The van der Waals surface area contributed by atoms with Crippen molar-refractivity contribution in [3.63, 3.8) is 0 Å². The highest BCUT2D eigenvalue weighted by molar-refractivity contribution is 5.68. The zero-order valence-corrected chi connectivity index (χ0v) is 15.0. The SMILES string of the molecule is COCC(CO)NC(C)CC1COCCN1C(=O)OC(C)(C)C. The van der Waals surface area contributed by atoms with Crippen LogP contribution >= 0.6 is 0 Å². The Morgan fingerprint density at radius 1 is 1.48 bits per heavy atom. The van der Waals surface area contributed by atoms with Gasteiger partial charge in [-0.2, -0.15) is 0 Å². The van der Waals surface area contributed by atoms with E-state index in [-0.39, 0.29) is 30.8 Å². The van der Waals surface area contributed by atoms with E-state index in [0.717, 1.165) is 6.42 Å². The highest BCUT2D eigenvalue weighted by atomic mass is 16.6. The molecule has 2 N–H and O–H groups in total. The van der Waals surface area contributed by atoms with Gasteiger partial charge >= 0.3 is 6.09 Å². The van der Waals surface area contributed by atoms with Crippen LogP contribution in [0.4, 0.5) is 4.79 Å². The van der Waals surface area contributed by atoms with Crippen LogP contribution in [-0.2, 0) is 14.2 Å². The molecule has 0 bridgehead atoms. The van der Waals surface area contributed by atoms with Crippen molar-refractivity contribution in [2.45, 2.75) is 57.8 Å². The van der Waals surface area contributed by atoms with Crippen molar-refractivity contribution in [2.24, 2.45) is 0 Å². The molecule has 7 heteroatoms. The summed E-state index contributed by atoms with van der Waals surface area (Å²) < 4.78 is 16.1. The molecule has 1 fully saturated rings. The molecule has 3 atom stereocenters. The maximum atomic E-state index is 12.4. The van der Waals surface area contributed by atoms with Gasteiger partial charge in [0.2, 0.25) is 0 Å². The van der Waals surface area contributed by atoms with Crippen LogP contribution in [0, 0.1) is 0 Å². The van der Waals surface area contributed by atoms with Gasteiger partial charge in [-0.1, -0.05) is 0 Å². The first-order valence-electron chi connectivity index (χ1n) is 8.20. The summed E-state index contributed by atoms with van der Waals surface area (Å²) >= 11 is 0. The third-order valence-electron chi connectivity index (χ3n) is 3.59. The van der Waals surface area contributed by atoms with Crippen LogP contribution in [0.15, 0.2) is 0 Å². The smallest absolute Gasteiger partial charge is 0.410 e. The summed E-state index contributed by atoms with van der Waals surface area (Å²) in [5.41, 5.74) is -0.510. The maximum absolute atomic E-state index is 12.4. The number of nitrogens with one attached hydrogen (secondary N) is 1. The molecule has 1 aliphatic heterocycles. The van der Waals surface area contributed by atoms with Gasteiger partial charge in [-0.05, 0) is 34.1 Å². The highest BCUT2D eigenvalue weighted by Crippen LogP contribution is 2.17. The Bertz CT molecular complexity index is 359. The maximum Gasteiger partial charge on any atom is 0.410 e. The molecule has 3 unspecified atom stereocenters. The Morgan fingerprint density at radius 3 is 2.74 bits per heavy atom. The lowest BCUT2D eigenvalue weighted by Gasteiger charge is -2.38. The largest absolute Gasteiger partial charge is 0.444 e. The average Bonchev–Trinajstić information content (AvgIpc) is 2.45. The van der Waals surface area contributed by atoms with Crippen molar-refractivity contribution in [1.82, 2.24) is 10.2 Å². The van der Waals surface area contributed by atoms with Gasteiger partial charge in [0.1, 0.15) is 5.60 Å². The van der Waals surface area contributed by atoms with Gasteiger partial charge in [0, 0.05) is 19.7 Å². The standard InChI is InChI=1S/C16H32N2O5/c1-12(17-13(9-19)10-21-5)8-14-11-22-7-6-18(14)15(20)23-16(2,3)4/h12-14,17,19H,6-11H2,1-5H3. The number of rotatable bonds is 7. The van der Waals surface area contributed by atoms with Crippen molar-refractivity contribution >= 4 is 6.09 Å². The second kappa shape index (κ2) is 9.42. The molecule has 23 heavy (non-hydrogen) atoms. The Labute approximate surface area is 139 Å². The van der Waals surface area contributed by atoms with Crippen LogP contribution in [0.2, 0.25) is 0 Å². The second-order valence-corrected chi connectivity index (χ2v) is 7.04. The molecule has 0 aliphatic carbocycles. The number of carbonyl (C=O) groups is 1. The molecule has 0 aromatic heterocycles. The molecule has 0 spiro atoms. The van der Waals surface area contributed by atoms with Crippen LogP contribution < -0.4 is 5.32 Å². The van der Waals surface area contributed by atoms with Crippen molar-refractivity contribution in [2.75, 3.05) is 40.1 Å². The quantitative estimate of drug-likeness (QED) is 0.724. The van der Waals surface area contributed by atoms with Gasteiger partial charge in [0.25, 0.3) is 0 Å². The number of aliphatic hydroxyl groups is 1. The summed E-state index contributed by atoms with van der Waals surface area (Å²) in [4.78, 5) is 14.1. The number of nitrogens with zero attached hydrogens (tertiary/aromatic N) is 1. The van der Waals surface area contributed by atoms with E-state index < -0.39 is 5.60 Å². The summed E-state index contributed by atoms with van der Waals surface area (Å²) in [7, 11) is 1.61. The fraction of sp³-hybridized carbons (Fsp3) is 0.938. The zero-order chi connectivity index (χ0) is 17.5. The first kappa shape index (κ1) is 20.2. The molecule has 0 radical (unpaired) electrons. The monoisotopic (exact) mass is 332 g/mol. The van der Waals surface area contributed by atoms with Crippen molar-refractivity contribution < 1.29 is 24.1 Å². The van der Waals surface area contributed by atoms with Crippen LogP contribution in [0.5, 0.6) is 0 Å². The summed E-state index contributed by atoms with van der Waals surface area (Å²) in [5.74, 6) is 0. The van der Waals surface area contributed by atoms with E-state index in [2.05, 4.69) is 5.32 Å². The molecule has 0 aromatic rings. The second-order valence-electron chi connectivity index (χ2n) is 7.04. The summed E-state index contributed by atoms with van der Waals surface area (Å²) in [6.45, 7) is 9.63. The summed E-state index contributed by atoms with van der Waals surface area (Å²) in [6, 6.07) is -0.0450. The Hall–Kier alpha value is -0.890. The van der Waals surface area contributed by atoms with Crippen LogP contribution in [0.25, 0.3) is 0 Å². The van der Waals surface area contributed by atoms with E-state index in [1.165, 1.54) is 0 Å². The minimum absolute atomic E-state index is 0.00905. The highest BCUT2D eigenvalue weighted by Gasteiger charge is 2.32. The van der Waals surface area contributed by atoms with Crippen LogP contribution in [0.3, 0.4) is 0 Å². The average molecular weight is 332 g/mol. The molecule has 1 aliphatic rings. The fourth-order valence-corrected chi connectivity index (χ4v) is 2.64. The lowest BCUT2D eigenvalue weighted by atomic mass is 10.1. The predicted octanol–water partition coefficient (Wildman–Crippen LogP) is 0.998. The van der Waals surface area contributed by atoms with E-state index in [0.29, 0.717) is 26.4 Å². The van der Waals surface area contributed by atoms with E-state index in [4.69, 9.17) is 14.2 Å². The number of aliphatic hydroxyl groups excluding tert-OH is 1. The molecule has 136 valence electrons.